The van der Waals surface area contributed by atoms with E-state index in [2.05, 4.69) is 0 Å². The molecule has 2 N–H and O–H groups in total. The van der Waals surface area contributed by atoms with Gasteiger partial charge in [0.25, 0.3) is 0 Å². The fourth-order valence-corrected chi connectivity index (χ4v) is 6.24. The van der Waals surface area contributed by atoms with Crippen molar-refractivity contribution in [2.24, 2.45) is 0 Å². The minimum Gasteiger partial charge on any atom is -0.204 e. The molecule has 0 atom stereocenters. The molecule has 0 aliphatic heterocycles. The van der Waals surface area contributed by atoms with Gasteiger partial charge < -0.3 is 0 Å². The molecule has 0 aliphatic carbocycles. The molecule has 0 bridgehead atoms. The standard InChI is InChI=1S/C3H2F8N2O8S4/c4-1(5,6)22(14,15)12-24(18,19)3(10,11)25(20,21)13-23(16,17)2(7,8)9/h12-13H. The second-order valence-corrected chi connectivity index (χ2v) is 11.1. The molecule has 0 aromatic carbocycles. The van der Waals surface area contributed by atoms with E-state index in [-0.39, 0.29) is 0 Å². The molecule has 0 fully saturated rings. The first kappa shape index (κ1) is 24.2. The predicted molar refractivity (Wildman–Crippen MR) is 59.0 cm³/mol. The molecular weight excluding hydrogens is 472 g/mol. The first-order valence-corrected chi connectivity index (χ1v) is 10.4. The summed E-state index contributed by atoms with van der Waals surface area (Å²) in [5.74, 6) is 0. The van der Waals surface area contributed by atoms with Gasteiger partial charge in [0.2, 0.25) is 0 Å². The Kier molecular flexibility index (Phi) is 5.90. The normalized spacial score (nSPS) is 16.0. The molecule has 0 saturated heterocycles. The van der Waals surface area contributed by atoms with Gasteiger partial charge in [-0.25, -0.2) is 33.7 Å². The molecular formula is C3H2F8N2O8S4. The van der Waals surface area contributed by atoms with E-state index in [1.807, 2.05) is 0 Å². The number of halogens is 8. The van der Waals surface area contributed by atoms with Crippen LogP contribution in [0.25, 0.3) is 0 Å². The Bertz CT molecular complexity index is 860. The van der Waals surface area contributed by atoms with E-state index < -0.39 is 64.0 Å². The van der Waals surface area contributed by atoms with Crippen LogP contribution in [0.1, 0.15) is 0 Å². The van der Waals surface area contributed by atoms with Gasteiger partial charge in [0, 0.05) is 0 Å². The monoisotopic (exact) mass is 474 g/mol. The third-order valence-electron chi connectivity index (χ3n) is 1.67. The molecule has 0 spiro atoms. The Morgan fingerprint density at radius 3 is 0.800 bits per heavy atom. The lowest BCUT2D eigenvalue weighted by Crippen LogP contribution is -2.55. The molecule has 0 heterocycles. The predicted octanol–water partition coefficient (Wildman–Crippen LogP) is -0.925. The quantitative estimate of drug-likeness (QED) is 0.467. The van der Waals surface area contributed by atoms with E-state index in [0.717, 1.165) is 0 Å². The maximum atomic E-state index is 13.3. The number of rotatable bonds is 6. The van der Waals surface area contributed by atoms with Crippen LogP contribution in [0.5, 0.6) is 0 Å². The van der Waals surface area contributed by atoms with Gasteiger partial charge in [-0.05, 0) is 0 Å². The summed E-state index contributed by atoms with van der Waals surface area (Å²) in [7, 11) is -29.2. The number of hydrogen-bond donors (Lipinski definition) is 2. The topological polar surface area (TPSA) is 161 Å². The van der Waals surface area contributed by atoms with Gasteiger partial charge in [-0.15, -0.1) is 0 Å². The second-order valence-electron chi connectivity index (χ2n) is 3.54. The zero-order valence-electron chi connectivity index (χ0n) is 10.4. The van der Waals surface area contributed by atoms with Crippen LogP contribution in [0, 0.1) is 0 Å². The Balaban J connectivity index is 6.16. The summed E-state index contributed by atoms with van der Waals surface area (Å²) in [6, 6.07) is 0. The summed E-state index contributed by atoms with van der Waals surface area (Å²) in [5.41, 5.74) is -13.1. The van der Waals surface area contributed by atoms with E-state index >= 15 is 0 Å². The van der Waals surface area contributed by atoms with Gasteiger partial charge in [-0.1, -0.05) is 8.25 Å². The van der Waals surface area contributed by atoms with Gasteiger partial charge in [0.1, 0.15) is 0 Å². The highest BCUT2D eigenvalue weighted by atomic mass is 32.3. The van der Waals surface area contributed by atoms with Crippen LogP contribution in [-0.4, -0.2) is 49.3 Å². The lowest BCUT2D eigenvalue weighted by atomic mass is 11.6. The molecule has 0 aliphatic rings. The minimum atomic E-state index is -7.45. The molecule has 0 rings (SSSR count). The summed E-state index contributed by atoms with van der Waals surface area (Å²) < 4.78 is 175. The van der Waals surface area contributed by atoms with Crippen LogP contribution in [0.3, 0.4) is 0 Å². The van der Waals surface area contributed by atoms with Crippen LogP contribution in [0.15, 0.2) is 0 Å². The van der Waals surface area contributed by atoms with Crippen molar-refractivity contribution >= 4 is 40.1 Å². The first-order valence-electron chi connectivity index (χ1n) is 4.48. The summed E-state index contributed by atoms with van der Waals surface area (Å²) in [6.07, 6.45) is 0. The van der Waals surface area contributed by atoms with Crippen LogP contribution in [-0.2, 0) is 40.1 Å². The highest BCUT2D eigenvalue weighted by molar-refractivity contribution is 8.16. The molecule has 0 radical (unpaired) electrons. The van der Waals surface area contributed by atoms with E-state index in [0.29, 0.717) is 0 Å². The molecule has 0 aromatic rings. The summed E-state index contributed by atoms with van der Waals surface area (Å²) >= 11 is 0. The molecule has 152 valence electrons. The number of alkyl halides is 8. The second kappa shape index (κ2) is 6.11. The third-order valence-corrected chi connectivity index (χ3v) is 8.97. The molecule has 25 heavy (non-hydrogen) atoms. The van der Waals surface area contributed by atoms with Gasteiger partial charge >= 0.3 is 55.7 Å². The number of hydrogen-bond acceptors (Lipinski definition) is 8. The minimum absolute atomic E-state index is 0.782. The van der Waals surface area contributed by atoms with E-state index in [1.165, 1.54) is 0 Å². The summed E-state index contributed by atoms with van der Waals surface area (Å²) in [5, 5.41) is 0. The van der Waals surface area contributed by atoms with Gasteiger partial charge in [0.05, 0.1) is 0 Å². The van der Waals surface area contributed by atoms with E-state index in [4.69, 9.17) is 0 Å². The number of nitrogens with one attached hydrogen (secondary N) is 2. The maximum Gasteiger partial charge on any atom is 0.512 e. The highest BCUT2D eigenvalue weighted by Gasteiger charge is 2.64. The SMILES string of the molecule is O=S(=O)(NS(=O)(=O)C(F)(F)S(=O)(=O)NS(=O)(=O)C(F)(F)F)C(F)(F)F. The van der Waals surface area contributed by atoms with Crippen LogP contribution < -0.4 is 8.25 Å². The zero-order valence-corrected chi connectivity index (χ0v) is 13.7. The van der Waals surface area contributed by atoms with Crippen LogP contribution in [0.2, 0.25) is 0 Å². The van der Waals surface area contributed by atoms with Gasteiger partial charge in [-0.3, -0.25) is 0 Å². The largest absolute Gasteiger partial charge is 0.512 e. The maximum absolute atomic E-state index is 13.3. The summed E-state index contributed by atoms with van der Waals surface area (Å²) in [6.45, 7) is 0. The lowest BCUT2D eigenvalue weighted by Gasteiger charge is -2.19. The molecule has 22 heteroatoms. The van der Waals surface area contributed by atoms with Crippen LogP contribution in [0.4, 0.5) is 35.1 Å². The molecule has 0 aromatic heterocycles. The highest BCUT2D eigenvalue weighted by Crippen LogP contribution is 2.32. The first-order chi connectivity index (χ1) is 10.4. The van der Waals surface area contributed by atoms with E-state index in [9.17, 15) is 68.8 Å². The average molecular weight is 474 g/mol. The van der Waals surface area contributed by atoms with Crippen molar-refractivity contribution in [1.82, 2.24) is 8.25 Å². The van der Waals surface area contributed by atoms with Gasteiger partial charge in [0.15, 0.2) is 0 Å². The Morgan fingerprint density at radius 1 is 0.440 bits per heavy atom. The van der Waals surface area contributed by atoms with Crippen LogP contribution >= 0.6 is 0 Å². The van der Waals surface area contributed by atoms with Crippen molar-refractivity contribution in [2.45, 2.75) is 15.6 Å². The van der Waals surface area contributed by atoms with Crippen molar-refractivity contribution in [3.8, 4) is 0 Å². The lowest BCUT2D eigenvalue weighted by molar-refractivity contribution is -0.0446. The number of sulfonamides is 4. The smallest absolute Gasteiger partial charge is 0.204 e. The van der Waals surface area contributed by atoms with Crippen molar-refractivity contribution in [3.05, 3.63) is 0 Å². The summed E-state index contributed by atoms with van der Waals surface area (Å²) in [4.78, 5) is 0. The average Bonchev–Trinajstić information content (AvgIpc) is 2.21. The molecule has 10 nitrogen and oxygen atoms in total. The fourth-order valence-electron chi connectivity index (χ4n) is 0.625. The Morgan fingerprint density at radius 2 is 0.640 bits per heavy atom. The van der Waals surface area contributed by atoms with Crippen molar-refractivity contribution in [1.29, 1.82) is 0 Å². The Labute approximate surface area is 133 Å². The Hall–Kier alpha value is -0.840. The van der Waals surface area contributed by atoms with Crippen molar-refractivity contribution < 1.29 is 68.8 Å². The van der Waals surface area contributed by atoms with Gasteiger partial charge in [-0.2, -0.15) is 35.1 Å². The van der Waals surface area contributed by atoms with Crippen molar-refractivity contribution in [2.75, 3.05) is 0 Å². The zero-order chi connectivity index (χ0) is 20.9. The van der Waals surface area contributed by atoms with E-state index in [1.54, 1.807) is 0 Å². The molecule has 0 amide bonds. The fraction of sp³-hybridized carbons (Fsp3) is 1.00. The molecule has 0 saturated carbocycles. The third kappa shape index (κ3) is 4.66. The van der Waals surface area contributed by atoms with Crippen molar-refractivity contribution in [3.63, 3.8) is 0 Å². The molecule has 0 unspecified atom stereocenters.